The molecule has 94 valence electrons. The molecule has 0 bridgehead atoms. The molecule has 0 heterocycles. The van der Waals surface area contributed by atoms with Gasteiger partial charge in [0.15, 0.2) is 0 Å². The molecule has 0 atom stereocenters. The minimum absolute atomic E-state index is 0.910. The van der Waals surface area contributed by atoms with E-state index in [1.165, 1.54) is 21.2 Å². The van der Waals surface area contributed by atoms with Gasteiger partial charge in [-0.25, -0.2) is 0 Å². The maximum Gasteiger partial charge on any atom is 0.0220 e. The quantitative estimate of drug-likeness (QED) is 0.820. The molecule has 0 spiro atoms. The van der Waals surface area contributed by atoms with Crippen LogP contribution >= 0.6 is 15.9 Å². The molecule has 2 aromatic rings. The van der Waals surface area contributed by atoms with Crippen LogP contribution < -0.4 is 5.32 Å². The van der Waals surface area contributed by atoms with Crippen molar-refractivity contribution in [1.29, 1.82) is 0 Å². The van der Waals surface area contributed by atoms with Gasteiger partial charge in [-0.05, 0) is 37.1 Å². The summed E-state index contributed by atoms with van der Waals surface area (Å²) in [5.41, 5.74) is 4.04. The second kappa shape index (κ2) is 6.72. The Hall–Kier alpha value is -1.12. The molecule has 2 heteroatoms. The van der Waals surface area contributed by atoms with Gasteiger partial charge in [0.05, 0.1) is 0 Å². The highest BCUT2D eigenvalue weighted by Crippen LogP contribution is 2.15. The molecule has 0 saturated carbocycles. The molecule has 0 saturated heterocycles. The second-order valence-electron chi connectivity index (χ2n) is 4.51. The summed E-state index contributed by atoms with van der Waals surface area (Å²) >= 11 is 3.56. The summed E-state index contributed by atoms with van der Waals surface area (Å²) in [5, 5.41) is 3.48. The van der Waals surface area contributed by atoms with E-state index >= 15 is 0 Å². The third-order valence-corrected chi connectivity index (χ3v) is 3.72. The van der Waals surface area contributed by atoms with E-state index in [4.69, 9.17) is 0 Å². The van der Waals surface area contributed by atoms with Crippen LogP contribution in [0.1, 0.15) is 16.7 Å². The van der Waals surface area contributed by atoms with Crippen LogP contribution in [0.5, 0.6) is 0 Å². The lowest BCUT2D eigenvalue weighted by Crippen LogP contribution is -2.16. The summed E-state index contributed by atoms with van der Waals surface area (Å²) in [7, 11) is 0. The molecular formula is C16H18BrN. The third kappa shape index (κ3) is 3.97. The lowest BCUT2D eigenvalue weighted by Gasteiger charge is -2.07. The summed E-state index contributed by atoms with van der Waals surface area (Å²) in [5.74, 6) is 0. The number of benzene rings is 2. The maximum atomic E-state index is 3.56. The number of aryl methyl sites for hydroxylation is 1. The van der Waals surface area contributed by atoms with Gasteiger partial charge in [0.2, 0.25) is 0 Å². The van der Waals surface area contributed by atoms with Gasteiger partial charge in [-0.2, -0.15) is 0 Å². The lowest BCUT2D eigenvalue weighted by atomic mass is 10.1. The Balaban J connectivity index is 1.78. The van der Waals surface area contributed by atoms with Crippen molar-refractivity contribution in [1.82, 2.24) is 5.32 Å². The number of nitrogens with one attached hydrogen (secondary N) is 1. The topological polar surface area (TPSA) is 12.0 Å². The first-order valence-corrected chi connectivity index (χ1v) is 7.04. The Morgan fingerprint density at radius 1 is 1.06 bits per heavy atom. The zero-order valence-corrected chi connectivity index (χ0v) is 12.2. The summed E-state index contributed by atoms with van der Waals surface area (Å²) in [6.45, 7) is 4.05. The van der Waals surface area contributed by atoms with Crippen molar-refractivity contribution in [3.63, 3.8) is 0 Å². The van der Waals surface area contributed by atoms with E-state index in [-0.39, 0.29) is 0 Å². The fourth-order valence-electron chi connectivity index (χ4n) is 1.97. The second-order valence-corrected chi connectivity index (χ2v) is 5.36. The maximum absolute atomic E-state index is 3.56. The minimum atomic E-state index is 0.910. The predicted molar refractivity (Wildman–Crippen MR) is 80.7 cm³/mol. The zero-order chi connectivity index (χ0) is 12.8. The van der Waals surface area contributed by atoms with Crippen molar-refractivity contribution in [2.45, 2.75) is 19.9 Å². The fourth-order valence-corrected chi connectivity index (χ4v) is 2.39. The van der Waals surface area contributed by atoms with Crippen molar-refractivity contribution in [2.75, 3.05) is 6.54 Å². The Morgan fingerprint density at radius 3 is 2.67 bits per heavy atom. The van der Waals surface area contributed by atoms with E-state index in [9.17, 15) is 0 Å². The van der Waals surface area contributed by atoms with Crippen LogP contribution in [-0.4, -0.2) is 6.54 Å². The summed E-state index contributed by atoms with van der Waals surface area (Å²) in [4.78, 5) is 0. The first-order chi connectivity index (χ1) is 8.75. The van der Waals surface area contributed by atoms with Crippen LogP contribution in [0.2, 0.25) is 0 Å². The van der Waals surface area contributed by atoms with Crippen LogP contribution in [0.15, 0.2) is 53.0 Å². The average molecular weight is 304 g/mol. The molecule has 0 aliphatic rings. The first-order valence-electron chi connectivity index (χ1n) is 6.25. The summed E-state index contributed by atoms with van der Waals surface area (Å²) in [6.07, 6.45) is 1.08. The molecule has 0 radical (unpaired) electrons. The number of hydrogen-bond acceptors (Lipinski definition) is 1. The highest BCUT2D eigenvalue weighted by Gasteiger charge is 1.98. The standard InChI is InChI=1S/C16H18BrN/c1-13-5-4-6-14(11-13)9-10-18-12-15-7-2-3-8-16(15)17/h2-8,11,18H,9-10,12H2,1H3. The van der Waals surface area contributed by atoms with Crippen molar-refractivity contribution < 1.29 is 0 Å². The van der Waals surface area contributed by atoms with Crippen LogP contribution in [0.4, 0.5) is 0 Å². The molecular weight excluding hydrogens is 286 g/mol. The highest BCUT2D eigenvalue weighted by atomic mass is 79.9. The van der Waals surface area contributed by atoms with Crippen molar-refractivity contribution >= 4 is 15.9 Å². The smallest absolute Gasteiger partial charge is 0.0220 e. The molecule has 0 aromatic heterocycles. The first kappa shape index (κ1) is 13.3. The van der Waals surface area contributed by atoms with Crippen LogP contribution in [-0.2, 0) is 13.0 Å². The molecule has 0 amide bonds. The van der Waals surface area contributed by atoms with E-state index in [0.717, 1.165) is 19.5 Å². The number of halogens is 1. The Morgan fingerprint density at radius 2 is 1.89 bits per heavy atom. The molecule has 18 heavy (non-hydrogen) atoms. The molecule has 0 aliphatic carbocycles. The van der Waals surface area contributed by atoms with E-state index < -0.39 is 0 Å². The molecule has 2 aromatic carbocycles. The molecule has 0 aliphatic heterocycles. The van der Waals surface area contributed by atoms with Gasteiger partial charge in [0, 0.05) is 11.0 Å². The van der Waals surface area contributed by atoms with Gasteiger partial charge in [0.1, 0.15) is 0 Å². The normalized spacial score (nSPS) is 10.6. The van der Waals surface area contributed by atoms with Crippen LogP contribution in [0, 0.1) is 6.92 Å². The van der Waals surface area contributed by atoms with Crippen LogP contribution in [0.25, 0.3) is 0 Å². The fraction of sp³-hybridized carbons (Fsp3) is 0.250. The summed E-state index contributed by atoms with van der Waals surface area (Å²) in [6, 6.07) is 17.0. The third-order valence-electron chi connectivity index (χ3n) is 2.95. The monoisotopic (exact) mass is 303 g/mol. The van der Waals surface area contributed by atoms with Gasteiger partial charge >= 0.3 is 0 Å². The van der Waals surface area contributed by atoms with E-state index in [2.05, 4.69) is 70.6 Å². The average Bonchev–Trinajstić information content (AvgIpc) is 2.37. The van der Waals surface area contributed by atoms with Gasteiger partial charge in [-0.3, -0.25) is 0 Å². The zero-order valence-electron chi connectivity index (χ0n) is 10.6. The van der Waals surface area contributed by atoms with E-state index in [0.29, 0.717) is 0 Å². The molecule has 1 N–H and O–H groups in total. The van der Waals surface area contributed by atoms with E-state index in [1.54, 1.807) is 0 Å². The molecule has 1 nitrogen and oxygen atoms in total. The van der Waals surface area contributed by atoms with Gasteiger partial charge in [-0.15, -0.1) is 0 Å². The summed E-state index contributed by atoms with van der Waals surface area (Å²) < 4.78 is 1.17. The van der Waals surface area contributed by atoms with Gasteiger partial charge in [0.25, 0.3) is 0 Å². The Kier molecular flexibility index (Phi) is 4.97. The largest absolute Gasteiger partial charge is 0.312 e. The van der Waals surface area contributed by atoms with Crippen molar-refractivity contribution in [2.24, 2.45) is 0 Å². The van der Waals surface area contributed by atoms with Crippen molar-refractivity contribution in [3.05, 3.63) is 69.7 Å². The molecule has 0 fully saturated rings. The SMILES string of the molecule is Cc1cccc(CCNCc2ccccc2Br)c1. The Labute approximate surface area is 117 Å². The predicted octanol–water partition coefficient (Wildman–Crippen LogP) is 4.09. The van der Waals surface area contributed by atoms with Crippen molar-refractivity contribution in [3.8, 4) is 0 Å². The van der Waals surface area contributed by atoms with E-state index in [1.807, 2.05) is 6.07 Å². The highest BCUT2D eigenvalue weighted by molar-refractivity contribution is 9.10. The number of hydrogen-bond donors (Lipinski definition) is 1. The van der Waals surface area contributed by atoms with Gasteiger partial charge in [-0.1, -0.05) is 64.0 Å². The Bertz CT molecular complexity index is 508. The van der Waals surface area contributed by atoms with Gasteiger partial charge < -0.3 is 5.32 Å². The lowest BCUT2D eigenvalue weighted by molar-refractivity contribution is 0.685. The van der Waals surface area contributed by atoms with Crippen LogP contribution in [0.3, 0.4) is 0 Å². The minimum Gasteiger partial charge on any atom is -0.312 e. The molecule has 0 unspecified atom stereocenters. The number of rotatable bonds is 5. The molecule has 2 rings (SSSR count).